The molecular weight excluding hydrogens is 270 g/mol. The van der Waals surface area contributed by atoms with Crippen LogP contribution in [0.4, 0.5) is 0 Å². The van der Waals surface area contributed by atoms with Crippen molar-refractivity contribution in [2.24, 2.45) is 5.92 Å². The fourth-order valence-electron chi connectivity index (χ4n) is 1.96. The molecule has 0 aromatic carbocycles. The largest absolute Gasteiger partial charge is 0.465 e. The van der Waals surface area contributed by atoms with Crippen LogP contribution in [0, 0.1) is 12.8 Å². The third-order valence-corrected chi connectivity index (χ3v) is 3.86. The van der Waals surface area contributed by atoms with Crippen molar-refractivity contribution in [2.75, 3.05) is 6.54 Å². The molecule has 0 radical (unpaired) electrons. The number of furan rings is 1. The Hall–Kier alpha value is -1.10. The molecule has 0 fully saturated rings. The number of hydrogen-bond acceptors (Lipinski definition) is 4. The first-order valence-corrected chi connectivity index (χ1v) is 7.92. The van der Waals surface area contributed by atoms with E-state index in [4.69, 9.17) is 9.15 Å². The standard InChI is InChI=1S/C16H23NO2S/c1-12(2)8-17-9-15-7-14(13(3)19-15)10-18-11-16-5-4-6-20-16/h4-7,12,17H,8-11H2,1-3H3. The van der Waals surface area contributed by atoms with Gasteiger partial charge in [0.25, 0.3) is 0 Å². The monoisotopic (exact) mass is 293 g/mol. The summed E-state index contributed by atoms with van der Waals surface area (Å²) < 4.78 is 11.5. The van der Waals surface area contributed by atoms with Gasteiger partial charge in [-0.3, -0.25) is 0 Å². The zero-order valence-electron chi connectivity index (χ0n) is 12.4. The van der Waals surface area contributed by atoms with Gasteiger partial charge in [0.1, 0.15) is 11.5 Å². The predicted molar refractivity (Wildman–Crippen MR) is 82.8 cm³/mol. The van der Waals surface area contributed by atoms with Crippen LogP contribution in [-0.2, 0) is 24.5 Å². The minimum Gasteiger partial charge on any atom is -0.465 e. The zero-order valence-corrected chi connectivity index (χ0v) is 13.3. The molecular formula is C16H23NO2S. The van der Waals surface area contributed by atoms with Crippen LogP contribution >= 0.6 is 11.3 Å². The maximum absolute atomic E-state index is 5.74. The third kappa shape index (κ3) is 4.78. The van der Waals surface area contributed by atoms with Gasteiger partial charge in [0, 0.05) is 10.4 Å². The summed E-state index contributed by atoms with van der Waals surface area (Å²) in [6.07, 6.45) is 0. The Morgan fingerprint density at radius 2 is 2.20 bits per heavy atom. The number of thiophene rings is 1. The second-order valence-corrected chi connectivity index (χ2v) is 6.42. The van der Waals surface area contributed by atoms with Crippen LogP contribution in [0.15, 0.2) is 28.0 Å². The molecule has 20 heavy (non-hydrogen) atoms. The summed E-state index contributed by atoms with van der Waals surface area (Å²) in [5, 5.41) is 5.46. The molecule has 0 atom stereocenters. The highest BCUT2D eigenvalue weighted by molar-refractivity contribution is 7.09. The van der Waals surface area contributed by atoms with Gasteiger partial charge in [-0.1, -0.05) is 19.9 Å². The first kappa shape index (κ1) is 15.3. The van der Waals surface area contributed by atoms with Gasteiger partial charge in [-0.25, -0.2) is 0 Å². The van der Waals surface area contributed by atoms with E-state index in [9.17, 15) is 0 Å². The number of aryl methyl sites for hydroxylation is 1. The van der Waals surface area contributed by atoms with Gasteiger partial charge in [0.15, 0.2) is 0 Å². The van der Waals surface area contributed by atoms with E-state index in [1.54, 1.807) is 11.3 Å². The van der Waals surface area contributed by atoms with Crippen molar-refractivity contribution in [3.63, 3.8) is 0 Å². The van der Waals surface area contributed by atoms with Gasteiger partial charge in [0.2, 0.25) is 0 Å². The topological polar surface area (TPSA) is 34.4 Å². The van der Waals surface area contributed by atoms with E-state index in [1.165, 1.54) is 4.88 Å². The van der Waals surface area contributed by atoms with Gasteiger partial charge in [-0.15, -0.1) is 11.3 Å². The molecule has 0 bridgehead atoms. The second-order valence-electron chi connectivity index (χ2n) is 5.39. The lowest BCUT2D eigenvalue weighted by molar-refractivity contribution is 0.108. The summed E-state index contributed by atoms with van der Waals surface area (Å²) in [4.78, 5) is 1.25. The maximum atomic E-state index is 5.74. The van der Waals surface area contributed by atoms with E-state index in [0.717, 1.165) is 30.2 Å². The summed E-state index contributed by atoms with van der Waals surface area (Å²) in [7, 11) is 0. The Labute approximate surface area is 125 Å². The Morgan fingerprint density at radius 1 is 1.35 bits per heavy atom. The highest BCUT2D eigenvalue weighted by atomic mass is 32.1. The molecule has 0 unspecified atom stereocenters. The number of rotatable bonds is 8. The molecule has 0 spiro atoms. The van der Waals surface area contributed by atoms with Crippen LogP contribution in [0.25, 0.3) is 0 Å². The van der Waals surface area contributed by atoms with Crippen molar-refractivity contribution in [1.29, 1.82) is 0 Å². The van der Waals surface area contributed by atoms with E-state index >= 15 is 0 Å². The van der Waals surface area contributed by atoms with Crippen molar-refractivity contribution in [1.82, 2.24) is 5.32 Å². The summed E-state index contributed by atoms with van der Waals surface area (Å²) in [5.41, 5.74) is 1.14. The normalized spacial score (nSPS) is 11.4. The molecule has 0 aliphatic carbocycles. The molecule has 0 aliphatic rings. The van der Waals surface area contributed by atoms with Gasteiger partial charge >= 0.3 is 0 Å². The summed E-state index contributed by atoms with van der Waals surface area (Å²) in [6.45, 7) is 9.46. The van der Waals surface area contributed by atoms with Crippen molar-refractivity contribution in [3.05, 3.63) is 45.5 Å². The quantitative estimate of drug-likeness (QED) is 0.795. The molecule has 2 aromatic rings. The van der Waals surface area contributed by atoms with Crippen molar-refractivity contribution >= 4 is 11.3 Å². The Balaban J connectivity index is 1.78. The maximum Gasteiger partial charge on any atom is 0.118 e. The number of hydrogen-bond donors (Lipinski definition) is 1. The van der Waals surface area contributed by atoms with Crippen molar-refractivity contribution in [3.8, 4) is 0 Å². The highest BCUT2D eigenvalue weighted by Gasteiger charge is 2.08. The molecule has 4 heteroatoms. The van der Waals surface area contributed by atoms with Crippen molar-refractivity contribution in [2.45, 2.75) is 40.5 Å². The average Bonchev–Trinajstić information content (AvgIpc) is 3.00. The summed E-state index contributed by atoms with van der Waals surface area (Å²) in [5.74, 6) is 2.59. The van der Waals surface area contributed by atoms with E-state index < -0.39 is 0 Å². The summed E-state index contributed by atoms with van der Waals surface area (Å²) >= 11 is 1.72. The lowest BCUT2D eigenvalue weighted by atomic mass is 10.2. The molecule has 2 rings (SSSR count). The van der Waals surface area contributed by atoms with Crippen LogP contribution in [0.3, 0.4) is 0 Å². The lowest BCUT2D eigenvalue weighted by Gasteiger charge is -2.04. The third-order valence-electron chi connectivity index (χ3n) is 3.01. The minimum atomic E-state index is 0.609. The molecule has 2 heterocycles. The second kappa shape index (κ2) is 7.62. The molecule has 2 aromatic heterocycles. The number of ether oxygens (including phenoxy) is 1. The fraction of sp³-hybridized carbons (Fsp3) is 0.500. The van der Waals surface area contributed by atoms with E-state index in [0.29, 0.717) is 19.1 Å². The van der Waals surface area contributed by atoms with Gasteiger partial charge in [-0.05, 0) is 36.9 Å². The average molecular weight is 293 g/mol. The van der Waals surface area contributed by atoms with Crippen molar-refractivity contribution < 1.29 is 9.15 Å². The minimum absolute atomic E-state index is 0.609. The van der Waals surface area contributed by atoms with E-state index in [-0.39, 0.29) is 0 Å². The predicted octanol–water partition coefficient (Wildman–Crippen LogP) is 4.11. The number of nitrogens with one attached hydrogen (secondary N) is 1. The van der Waals surface area contributed by atoms with Crippen LogP contribution in [-0.4, -0.2) is 6.54 Å². The van der Waals surface area contributed by atoms with Crippen LogP contribution in [0.2, 0.25) is 0 Å². The lowest BCUT2D eigenvalue weighted by Crippen LogP contribution is -2.18. The van der Waals surface area contributed by atoms with Gasteiger partial charge < -0.3 is 14.5 Å². The highest BCUT2D eigenvalue weighted by Crippen LogP contribution is 2.17. The molecule has 110 valence electrons. The first-order valence-electron chi connectivity index (χ1n) is 7.04. The summed E-state index contributed by atoms with van der Waals surface area (Å²) in [6, 6.07) is 6.23. The van der Waals surface area contributed by atoms with Crippen LogP contribution < -0.4 is 5.32 Å². The molecule has 3 nitrogen and oxygen atoms in total. The van der Waals surface area contributed by atoms with Crippen LogP contribution in [0.1, 0.15) is 35.8 Å². The molecule has 1 N–H and O–H groups in total. The van der Waals surface area contributed by atoms with E-state index in [1.807, 2.05) is 13.0 Å². The van der Waals surface area contributed by atoms with Gasteiger partial charge in [-0.2, -0.15) is 0 Å². The Bertz CT molecular complexity index is 503. The SMILES string of the molecule is Cc1oc(CNCC(C)C)cc1COCc1cccs1. The van der Waals surface area contributed by atoms with Crippen LogP contribution in [0.5, 0.6) is 0 Å². The smallest absolute Gasteiger partial charge is 0.118 e. The van der Waals surface area contributed by atoms with Gasteiger partial charge in [0.05, 0.1) is 19.8 Å². The fourth-order valence-corrected chi connectivity index (χ4v) is 2.60. The Kier molecular flexibility index (Phi) is 5.83. The molecule has 0 aliphatic heterocycles. The van der Waals surface area contributed by atoms with E-state index in [2.05, 4.69) is 36.7 Å². The molecule has 0 saturated heterocycles. The molecule has 0 saturated carbocycles. The molecule has 0 amide bonds. The Morgan fingerprint density at radius 3 is 2.90 bits per heavy atom. The first-order chi connectivity index (χ1) is 9.65. The zero-order chi connectivity index (χ0) is 14.4.